The molecule has 2 rings (SSSR count). The van der Waals surface area contributed by atoms with Crippen LogP contribution < -0.4 is 10.2 Å². The van der Waals surface area contributed by atoms with Gasteiger partial charge in [0, 0.05) is 5.02 Å². The van der Waals surface area contributed by atoms with Crippen molar-refractivity contribution in [1.29, 1.82) is 0 Å². The minimum atomic E-state index is -0.390. The highest BCUT2D eigenvalue weighted by molar-refractivity contribution is 9.10. The third-order valence-corrected chi connectivity index (χ3v) is 3.51. The average molecular weight is 436 g/mol. The average Bonchev–Trinajstić information content (AvgIpc) is 2.83. The maximum absolute atomic E-state index is 11.6. The Morgan fingerprint density at radius 2 is 2.19 bits per heavy atom. The van der Waals surface area contributed by atoms with E-state index >= 15 is 0 Å². The number of hydrazone groups is 1. The molecule has 0 atom stereocenters. The van der Waals surface area contributed by atoms with Gasteiger partial charge >= 0.3 is 0 Å². The molecule has 0 saturated heterocycles. The molecule has 5 nitrogen and oxygen atoms in total. The number of carbonyl (C=O) groups is 1. The SMILES string of the molecule is O=C(COc1ccc(Cl)cc1Br)N/N=C/c1ccc(Br)o1. The number of benzene rings is 1. The van der Waals surface area contributed by atoms with E-state index in [2.05, 4.69) is 42.4 Å². The fourth-order valence-electron chi connectivity index (χ4n) is 1.33. The maximum Gasteiger partial charge on any atom is 0.277 e. The molecule has 0 unspecified atom stereocenters. The lowest BCUT2D eigenvalue weighted by Gasteiger charge is -2.07. The molecule has 2 aromatic rings. The lowest BCUT2D eigenvalue weighted by atomic mass is 10.3. The molecule has 0 saturated carbocycles. The van der Waals surface area contributed by atoms with Crippen LogP contribution in [-0.4, -0.2) is 18.7 Å². The van der Waals surface area contributed by atoms with E-state index in [4.69, 9.17) is 20.8 Å². The Balaban J connectivity index is 1.81. The summed E-state index contributed by atoms with van der Waals surface area (Å²) in [4.78, 5) is 11.6. The Labute approximate surface area is 142 Å². The first-order valence-corrected chi connectivity index (χ1v) is 7.66. The number of amides is 1. The molecule has 1 heterocycles. The molecule has 110 valence electrons. The van der Waals surface area contributed by atoms with E-state index in [1.807, 2.05) is 0 Å². The Hall–Kier alpha value is -1.31. The predicted octanol–water partition coefficient (Wildman–Crippen LogP) is 3.99. The Morgan fingerprint density at radius 1 is 1.38 bits per heavy atom. The van der Waals surface area contributed by atoms with E-state index < -0.39 is 5.91 Å². The van der Waals surface area contributed by atoms with Crippen LogP contribution in [0.3, 0.4) is 0 Å². The molecule has 1 amide bonds. The van der Waals surface area contributed by atoms with Gasteiger partial charge in [0.2, 0.25) is 0 Å². The van der Waals surface area contributed by atoms with Gasteiger partial charge in [-0.15, -0.1) is 0 Å². The van der Waals surface area contributed by atoms with Crippen LogP contribution in [0.5, 0.6) is 5.75 Å². The van der Waals surface area contributed by atoms with Gasteiger partial charge in [0.05, 0.1) is 10.7 Å². The number of ether oxygens (including phenoxy) is 1. The molecule has 0 aliphatic rings. The molecule has 1 aromatic heterocycles. The molecular weight excluding hydrogens is 427 g/mol. The van der Waals surface area contributed by atoms with Crippen LogP contribution in [0.15, 0.2) is 49.0 Å². The van der Waals surface area contributed by atoms with Gasteiger partial charge in [0.1, 0.15) is 11.5 Å². The molecule has 1 aromatic carbocycles. The standard InChI is InChI=1S/C13H9Br2ClN2O3/c14-10-5-8(16)1-3-11(10)20-7-13(19)18-17-6-9-2-4-12(15)21-9/h1-6H,7H2,(H,18,19)/b17-6+. The first-order chi connectivity index (χ1) is 10.0. The molecule has 0 aliphatic heterocycles. The summed E-state index contributed by atoms with van der Waals surface area (Å²) >= 11 is 12.3. The van der Waals surface area contributed by atoms with E-state index in [0.717, 1.165) is 0 Å². The van der Waals surface area contributed by atoms with Crippen molar-refractivity contribution in [3.8, 4) is 5.75 Å². The van der Waals surface area contributed by atoms with Crippen molar-refractivity contribution in [3.63, 3.8) is 0 Å². The lowest BCUT2D eigenvalue weighted by molar-refractivity contribution is -0.123. The molecule has 0 fully saturated rings. The second-order valence-electron chi connectivity index (χ2n) is 3.80. The van der Waals surface area contributed by atoms with Gasteiger partial charge in [-0.25, -0.2) is 5.43 Å². The van der Waals surface area contributed by atoms with E-state index in [0.29, 0.717) is 25.7 Å². The summed E-state index contributed by atoms with van der Waals surface area (Å²) in [6.45, 7) is -0.167. The van der Waals surface area contributed by atoms with Crippen LogP contribution in [0, 0.1) is 0 Å². The molecule has 0 spiro atoms. The first kappa shape index (κ1) is 16.1. The number of furan rings is 1. The van der Waals surface area contributed by atoms with E-state index in [1.165, 1.54) is 6.21 Å². The zero-order valence-corrected chi connectivity index (χ0v) is 14.4. The Morgan fingerprint density at radius 3 is 2.86 bits per heavy atom. The predicted molar refractivity (Wildman–Crippen MR) is 86.8 cm³/mol. The monoisotopic (exact) mass is 434 g/mol. The number of hydrogen-bond donors (Lipinski definition) is 1. The number of carbonyl (C=O) groups excluding carboxylic acids is 1. The highest BCUT2D eigenvalue weighted by Gasteiger charge is 2.05. The lowest BCUT2D eigenvalue weighted by Crippen LogP contribution is -2.24. The molecule has 0 bridgehead atoms. The second-order valence-corrected chi connectivity index (χ2v) is 5.87. The summed E-state index contributed by atoms with van der Waals surface area (Å²) in [5, 5.41) is 4.33. The van der Waals surface area contributed by atoms with Crippen molar-refractivity contribution in [1.82, 2.24) is 5.43 Å². The summed E-state index contributed by atoms with van der Waals surface area (Å²) in [6, 6.07) is 8.46. The minimum absolute atomic E-state index is 0.167. The van der Waals surface area contributed by atoms with E-state index in [1.54, 1.807) is 30.3 Å². The van der Waals surface area contributed by atoms with Gasteiger partial charge in [-0.2, -0.15) is 5.10 Å². The number of rotatable bonds is 5. The van der Waals surface area contributed by atoms with Crippen LogP contribution in [0.2, 0.25) is 5.02 Å². The van der Waals surface area contributed by atoms with Crippen molar-refractivity contribution in [2.45, 2.75) is 0 Å². The summed E-state index contributed by atoms with van der Waals surface area (Å²) in [5.74, 6) is 0.649. The van der Waals surface area contributed by atoms with Crippen LogP contribution in [0.4, 0.5) is 0 Å². The van der Waals surface area contributed by atoms with Crippen LogP contribution >= 0.6 is 43.5 Å². The summed E-state index contributed by atoms with van der Waals surface area (Å²) in [5.41, 5.74) is 2.33. The first-order valence-electron chi connectivity index (χ1n) is 5.69. The summed E-state index contributed by atoms with van der Waals surface area (Å²) in [6.07, 6.45) is 1.39. The molecule has 0 radical (unpaired) electrons. The van der Waals surface area contributed by atoms with Crippen molar-refractivity contribution in [3.05, 3.63) is 50.3 Å². The highest BCUT2D eigenvalue weighted by Crippen LogP contribution is 2.27. The third kappa shape index (κ3) is 5.18. The quantitative estimate of drug-likeness (QED) is 0.570. The molecule has 1 N–H and O–H groups in total. The summed E-state index contributed by atoms with van der Waals surface area (Å²) < 4.78 is 11.8. The maximum atomic E-state index is 11.6. The van der Waals surface area contributed by atoms with Crippen molar-refractivity contribution in [2.75, 3.05) is 6.61 Å². The van der Waals surface area contributed by atoms with Crippen LogP contribution in [0.25, 0.3) is 0 Å². The molecule has 21 heavy (non-hydrogen) atoms. The number of halogens is 3. The van der Waals surface area contributed by atoms with E-state index in [-0.39, 0.29) is 6.61 Å². The van der Waals surface area contributed by atoms with Gasteiger partial charge in [0.25, 0.3) is 5.91 Å². The van der Waals surface area contributed by atoms with Gasteiger partial charge in [0.15, 0.2) is 11.3 Å². The van der Waals surface area contributed by atoms with Gasteiger partial charge in [-0.05, 0) is 62.2 Å². The Kier molecular flexibility index (Phi) is 5.84. The number of hydrogen-bond acceptors (Lipinski definition) is 4. The molecule has 0 aliphatic carbocycles. The van der Waals surface area contributed by atoms with Crippen molar-refractivity contribution >= 4 is 55.6 Å². The topological polar surface area (TPSA) is 63.8 Å². The third-order valence-electron chi connectivity index (χ3n) is 2.23. The van der Waals surface area contributed by atoms with Gasteiger partial charge in [-0.1, -0.05) is 11.6 Å². The molecule has 8 heteroatoms. The van der Waals surface area contributed by atoms with Gasteiger partial charge in [-0.3, -0.25) is 4.79 Å². The fourth-order valence-corrected chi connectivity index (χ4v) is 2.45. The summed E-state index contributed by atoms with van der Waals surface area (Å²) in [7, 11) is 0. The fraction of sp³-hybridized carbons (Fsp3) is 0.0769. The van der Waals surface area contributed by atoms with E-state index in [9.17, 15) is 4.79 Å². The smallest absolute Gasteiger partial charge is 0.277 e. The minimum Gasteiger partial charge on any atom is -0.483 e. The largest absolute Gasteiger partial charge is 0.483 e. The number of nitrogens with one attached hydrogen (secondary N) is 1. The normalized spacial score (nSPS) is 10.8. The Bertz CT molecular complexity index is 673. The van der Waals surface area contributed by atoms with Crippen molar-refractivity contribution < 1.29 is 13.9 Å². The van der Waals surface area contributed by atoms with Crippen molar-refractivity contribution in [2.24, 2.45) is 5.10 Å². The second kappa shape index (κ2) is 7.63. The number of nitrogens with zero attached hydrogens (tertiary/aromatic N) is 1. The van der Waals surface area contributed by atoms with Gasteiger partial charge < -0.3 is 9.15 Å². The zero-order valence-electron chi connectivity index (χ0n) is 10.5. The zero-order chi connectivity index (χ0) is 15.2. The molecular formula is C13H9Br2ClN2O3. The van der Waals surface area contributed by atoms with Crippen LogP contribution in [-0.2, 0) is 4.79 Å². The van der Waals surface area contributed by atoms with Crippen LogP contribution in [0.1, 0.15) is 5.76 Å². The highest BCUT2D eigenvalue weighted by atomic mass is 79.9.